The van der Waals surface area contributed by atoms with Crippen LogP contribution in [0.25, 0.3) is 0 Å². The van der Waals surface area contributed by atoms with Gasteiger partial charge in [0.05, 0.1) is 13.0 Å². The first kappa shape index (κ1) is 25.6. The van der Waals surface area contributed by atoms with Crippen LogP contribution in [0.1, 0.15) is 22.8 Å². The summed E-state index contributed by atoms with van der Waals surface area (Å²) in [7, 11) is 0. The van der Waals surface area contributed by atoms with Crippen LogP contribution in [0.2, 0.25) is 0 Å². The lowest BCUT2D eigenvalue weighted by Gasteiger charge is -2.49. The summed E-state index contributed by atoms with van der Waals surface area (Å²) in [5.41, 5.74) is 2.74. The third-order valence-corrected chi connectivity index (χ3v) is 7.65. The summed E-state index contributed by atoms with van der Waals surface area (Å²) in [5.74, 6) is -0.402. The van der Waals surface area contributed by atoms with E-state index in [4.69, 9.17) is 9.47 Å². The number of fused-ring (bicyclic) bond motifs is 1. The summed E-state index contributed by atoms with van der Waals surface area (Å²) < 4.78 is 11.3. The highest BCUT2D eigenvalue weighted by atomic mass is 32.2. The molecule has 2 aliphatic heterocycles. The Balaban J connectivity index is 1.28. The van der Waals surface area contributed by atoms with Crippen molar-refractivity contribution in [2.24, 2.45) is 0 Å². The molecule has 0 bridgehead atoms. The Morgan fingerprint density at radius 2 is 1.53 bits per heavy atom. The first-order chi connectivity index (χ1) is 18.5. The fourth-order valence-electron chi connectivity index (χ4n) is 4.43. The number of carbonyl (C=O) groups excluding carboxylic acids is 3. The monoisotopic (exact) mass is 530 g/mol. The van der Waals surface area contributed by atoms with Gasteiger partial charge >= 0.3 is 6.16 Å². The molecule has 1 unspecified atom stereocenters. The van der Waals surface area contributed by atoms with Gasteiger partial charge in [-0.1, -0.05) is 91.0 Å². The first-order valence-electron chi connectivity index (χ1n) is 12.1. The van der Waals surface area contributed by atoms with Crippen molar-refractivity contribution < 1.29 is 29.0 Å². The molecule has 3 aromatic rings. The molecule has 2 heterocycles. The maximum Gasteiger partial charge on any atom is 0.516 e. The number of nitrogens with zero attached hydrogens (tertiary/aromatic N) is 1. The molecule has 0 aromatic heterocycles. The number of β-lactam (4-membered cyclic amide) rings is 1. The molecule has 0 spiro atoms. The number of carbonyl (C=O) groups is 3. The van der Waals surface area contributed by atoms with Gasteiger partial charge in [0.15, 0.2) is 6.10 Å². The van der Waals surface area contributed by atoms with Crippen molar-refractivity contribution >= 4 is 29.7 Å². The third-order valence-electron chi connectivity index (χ3n) is 6.31. The lowest BCUT2D eigenvalue weighted by atomic mass is 10.0. The molecule has 0 saturated carbocycles. The average molecular weight is 531 g/mol. The predicted molar refractivity (Wildman–Crippen MR) is 142 cm³/mol. The SMILES string of the molecule is O=C(Cc1ccccc1)NC1C(=O)N2C(OC(=O)OC(c3ccccc3)c3ccccc3)=C(CO)CS[C@@H]12. The van der Waals surface area contributed by atoms with Gasteiger partial charge in [-0.3, -0.25) is 14.5 Å². The summed E-state index contributed by atoms with van der Waals surface area (Å²) in [5, 5.41) is 12.2. The van der Waals surface area contributed by atoms with Crippen molar-refractivity contribution in [2.45, 2.75) is 23.9 Å². The van der Waals surface area contributed by atoms with E-state index in [9.17, 15) is 19.5 Å². The minimum atomic E-state index is -1.00. The average Bonchev–Trinajstić information content (AvgIpc) is 2.95. The Hall–Kier alpha value is -4.08. The molecular weight excluding hydrogens is 504 g/mol. The van der Waals surface area contributed by atoms with Crippen LogP contribution in [-0.4, -0.2) is 51.8 Å². The second-order valence-electron chi connectivity index (χ2n) is 8.86. The van der Waals surface area contributed by atoms with Gasteiger partial charge in [-0.25, -0.2) is 4.79 Å². The van der Waals surface area contributed by atoms with Crippen LogP contribution in [0.5, 0.6) is 0 Å². The molecule has 0 radical (unpaired) electrons. The van der Waals surface area contributed by atoms with Crippen molar-refractivity contribution in [3.63, 3.8) is 0 Å². The number of nitrogens with one attached hydrogen (secondary N) is 1. The van der Waals surface area contributed by atoms with Crippen molar-refractivity contribution in [1.29, 1.82) is 0 Å². The zero-order valence-corrected chi connectivity index (χ0v) is 21.2. The Bertz CT molecular complexity index is 1290. The van der Waals surface area contributed by atoms with Crippen molar-refractivity contribution in [3.05, 3.63) is 119 Å². The highest BCUT2D eigenvalue weighted by molar-refractivity contribution is 8.00. The molecule has 194 valence electrons. The quantitative estimate of drug-likeness (QED) is 0.337. The van der Waals surface area contributed by atoms with E-state index in [-0.39, 0.29) is 18.2 Å². The Kier molecular flexibility index (Phi) is 7.76. The molecular formula is C29H26N2O6S. The van der Waals surface area contributed by atoms with Gasteiger partial charge in [0.1, 0.15) is 11.4 Å². The number of amides is 2. The molecule has 2 atom stereocenters. The molecule has 0 aliphatic carbocycles. The molecule has 1 saturated heterocycles. The number of aliphatic hydroxyl groups excluding tert-OH is 1. The Labute approximate surface area is 224 Å². The van der Waals surface area contributed by atoms with E-state index in [1.54, 1.807) is 0 Å². The fourth-order valence-corrected chi connectivity index (χ4v) is 5.74. The number of hydrogen-bond donors (Lipinski definition) is 2. The van der Waals surface area contributed by atoms with Crippen molar-refractivity contribution in [1.82, 2.24) is 10.2 Å². The normalized spacial score (nSPS) is 18.5. The van der Waals surface area contributed by atoms with E-state index in [2.05, 4.69) is 5.32 Å². The largest absolute Gasteiger partial charge is 0.516 e. The molecule has 3 aromatic carbocycles. The standard InChI is InChI=1S/C29H26N2O6S/c32-17-22-18-38-28-24(30-23(33)16-19-10-4-1-5-11-19)26(34)31(28)27(22)37-29(35)36-25(20-12-6-2-7-13-20)21-14-8-3-9-15-21/h1-15,24-25,28,32H,16-18H2,(H,30,33)/t24?,28-/m0/s1. The van der Waals surface area contributed by atoms with Gasteiger partial charge in [0.25, 0.3) is 5.91 Å². The number of aliphatic hydroxyl groups is 1. The maximum atomic E-state index is 13.1. The molecule has 38 heavy (non-hydrogen) atoms. The third kappa shape index (κ3) is 5.44. The zero-order chi connectivity index (χ0) is 26.5. The molecule has 1 fully saturated rings. The molecule has 5 rings (SSSR count). The summed E-state index contributed by atoms with van der Waals surface area (Å²) in [6.45, 7) is -0.391. The lowest BCUT2D eigenvalue weighted by molar-refractivity contribution is -0.149. The van der Waals surface area contributed by atoms with Crippen LogP contribution < -0.4 is 5.32 Å². The zero-order valence-electron chi connectivity index (χ0n) is 20.4. The minimum absolute atomic E-state index is 0.0420. The van der Waals surface area contributed by atoms with E-state index in [0.29, 0.717) is 11.3 Å². The van der Waals surface area contributed by atoms with Crippen molar-refractivity contribution in [2.75, 3.05) is 12.4 Å². The van der Waals surface area contributed by atoms with Gasteiger partial charge in [0.2, 0.25) is 11.8 Å². The van der Waals surface area contributed by atoms with E-state index in [1.165, 1.54) is 16.7 Å². The molecule has 9 heteroatoms. The fraction of sp³-hybridized carbons (Fsp3) is 0.207. The smallest absolute Gasteiger partial charge is 0.421 e. The number of rotatable bonds is 8. The van der Waals surface area contributed by atoms with Gasteiger partial charge in [-0.15, -0.1) is 11.8 Å². The highest BCUT2D eigenvalue weighted by Crippen LogP contribution is 2.41. The van der Waals surface area contributed by atoms with Crippen LogP contribution >= 0.6 is 11.8 Å². The molecule has 2 amide bonds. The van der Waals surface area contributed by atoms with Gasteiger partial charge < -0.3 is 19.9 Å². The van der Waals surface area contributed by atoms with Crippen LogP contribution in [0.4, 0.5) is 4.79 Å². The number of benzene rings is 3. The minimum Gasteiger partial charge on any atom is -0.421 e. The van der Waals surface area contributed by atoms with Crippen molar-refractivity contribution in [3.8, 4) is 0 Å². The van der Waals surface area contributed by atoms with E-state index in [1.807, 2.05) is 91.0 Å². The number of hydrogen-bond acceptors (Lipinski definition) is 7. The van der Waals surface area contributed by atoms with Crippen LogP contribution in [0, 0.1) is 0 Å². The van der Waals surface area contributed by atoms with Crippen LogP contribution in [-0.2, 0) is 25.5 Å². The first-order valence-corrected chi connectivity index (χ1v) is 13.2. The summed E-state index contributed by atoms with van der Waals surface area (Å²) in [6.07, 6.45) is -1.58. The molecule has 2 aliphatic rings. The van der Waals surface area contributed by atoms with E-state index < -0.39 is 36.2 Å². The molecule has 2 N–H and O–H groups in total. The summed E-state index contributed by atoms with van der Waals surface area (Å²) >= 11 is 1.38. The van der Waals surface area contributed by atoms with E-state index >= 15 is 0 Å². The van der Waals surface area contributed by atoms with Gasteiger partial charge in [0, 0.05) is 11.3 Å². The lowest BCUT2D eigenvalue weighted by Crippen LogP contribution is -2.70. The van der Waals surface area contributed by atoms with Gasteiger partial charge in [-0.2, -0.15) is 0 Å². The molecule has 8 nitrogen and oxygen atoms in total. The van der Waals surface area contributed by atoms with Crippen LogP contribution in [0.15, 0.2) is 102 Å². The van der Waals surface area contributed by atoms with Crippen LogP contribution in [0.3, 0.4) is 0 Å². The highest BCUT2D eigenvalue weighted by Gasteiger charge is 2.54. The number of ether oxygens (including phenoxy) is 2. The predicted octanol–water partition coefficient (Wildman–Crippen LogP) is 3.78. The van der Waals surface area contributed by atoms with E-state index in [0.717, 1.165) is 16.7 Å². The topological polar surface area (TPSA) is 105 Å². The summed E-state index contributed by atoms with van der Waals surface area (Å²) in [4.78, 5) is 39.9. The van der Waals surface area contributed by atoms with Gasteiger partial charge in [-0.05, 0) is 16.7 Å². The second kappa shape index (κ2) is 11.5. The summed E-state index contributed by atoms with van der Waals surface area (Å²) in [6, 6.07) is 27.0. The maximum absolute atomic E-state index is 13.1. The Morgan fingerprint density at radius 1 is 0.947 bits per heavy atom. The second-order valence-corrected chi connectivity index (χ2v) is 9.96. The Morgan fingerprint density at radius 3 is 2.11 bits per heavy atom. The number of thioether (sulfide) groups is 1.